The zero-order chi connectivity index (χ0) is 23.9. The number of halogens is 1. The molecule has 0 aromatic heterocycles. The lowest BCUT2D eigenvalue weighted by Crippen LogP contribution is -2.50. The molecule has 0 aliphatic rings. The molecular weight excluding hydrogens is 498 g/mol. The van der Waals surface area contributed by atoms with Crippen molar-refractivity contribution >= 4 is 43.5 Å². The maximum absolute atomic E-state index is 13.4. The van der Waals surface area contributed by atoms with Gasteiger partial charge in [-0.25, -0.2) is 8.42 Å². The smallest absolute Gasteiger partial charge is 0.244 e. The van der Waals surface area contributed by atoms with Crippen LogP contribution in [0.2, 0.25) is 0 Å². The zero-order valence-electron chi connectivity index (χ0n) is 18.5. The molecule has 1 unspecified atom stereocenters. The number of amides is 2. The van der Waals surface area contributed by atoms with Gasteiger partial charge in [-0.3, -0.25) is 13.9 Å². The van der Waals surface area contributed by atoms with Gasteiger partial charge in [0.05, 0.1) is 18.6 Å². The molecule has 174 valence electrons. The predicted molar refractivity (Wildman–Crippen MR) is 128 cm³/mol. The number of para-hydroxylation sites is 2. The van der Waals surface area contributed by atoms with Crippen LogP contribution >= 0.6 is 15.9 Å². The lowest BCUT2D eigenvalue weighted by molar-refractivity contribution is -0.139. The number of likely N-dealkylation sites (N-methyl/N-ethyl adjacent to an activating group) is 1. The molecule has 32 heavy (non-hydrogen) atoms. The zero-order valence-corrected chi connectivity index (χ0v) is 20.9. The first-order chi connectivity index (χ1) is 15.1. The number of carbonyl (C=O) groups is 2. The van der Waals surface area contributed by atoms with Crippen LogP contribution in [0.15, 0.2) is 53.0 Å². The van der Waals surface area contributed by atoms with Gasteiger partial charge in [-0.1, -0.05) is 40.2 Å². The molecular formula is C22H28BrN3O5S. The Labute approximate surface area is 197 Å². The van der Waals surface area contributed by atoms with E-state index in [1.807, 2.05) is 24.3 Å². The highest BCUT2D eigenvalue weighted by Crippen LogP contribution is 2.30. The van der Waals surface area contributed by atoms with Crippen molar-refractivity contribution in [2.75, 3.05) is 30.8 Å². The number of hydrogen-bond acceptors (Lipinski definition) is 5. The van der Waals surface area contributed by atoms with E-state index in [2.05, 4.69) is 21.2 Å². The van der Waals surface area contributed by atoms with Crippen LogP contribution in [0.5, 0.6) is 5.75 Å². The molecule has 2 rings (SSSR count). The van der Waals surface area contributed by atoms with Crippen LogP contribution in [-0.2, 0) is 26.2 Å². The molecule has 1 atom stereocenters. The molecule has 0 bridgehead atoms. The van der Waals surface area contributed by atoms with Crippen molar-refractivity contribution in [1.82, 2.24) is 10.2 Å². The van der Waals surface area contributed by atoms with Crippen molar-refractivity contribution in [3.8, 4) is 5.75 Å². The number of anilines is 1. The highest BCUT2D eigenvalue weighted by atomic mass is 79.9. The van der Waals surface area contributed by atoms with Gasteiger partial charge < -0.3 is 15.0 Å². The summed E-state index contributed by atoms with van der Waals surface area (Å²) in [4.78, 5) is 27.1. The number of nitrogens with zero attached hydrogens (tertiary/aromatic N) is 2. The fourth-order valence-electron chi connectivity index (χ4n) is 3.11. The Morgan fingerprint density at radius 1 is 1.12 bits per heavy atom. The highest BCUT2D eigenvalue weighted by Gasteiger charge is 2.30. The molecule has 2 aromatic carbocycles. The van der Waals surface area contributed by atoms with Crippen molar-refractivity contribution in [1.29, 1.82) is 0 Å². The first-order valence-corrected chi connectivity index (χ1v) is 12.7. The van der Waals surface area contributed by atoms with Crippen LogP contribution in [0.3, 0.4) is 0 Å². The lowest BCUT2D eigenvalue weighted by atomic mass is 10.1. The molecule has 0 saturated heterocycles. The molecule has 0 aliphatic heterocycles. The summed E-state index contributed by atoms with van der Waals surface area (Å²) in [5.41, 5.74) is 1.07. The number of carbonyl (C=O) groups excluding carboxylic acids is 2. The van der Waals surface area contributed by atoms with E-state index in [4.69, 9.17) is 4.74 Å². The van der Waals surface area contributed by atoms with Crippen molar-refractivity contribution in [3.05, 3.63) is 58.6 Å². The highest BCUT2D eigenvalue weighted by molar-refractivity contribution is 9.10. The Morgan fingerprint density at radius 3 is 2.31 bits per heavy atom. The lowest BCUT2D eigenvalue weighted by Gasteiger charge is -2.31. The third-order valence-corrected chi connectivity index (χ3v) is 6.45. The number of benzene rings is 2. The van der Waals surface area contributed by atoms with Gasteiger partial charge in [0.15, 0.2) is 0 Å². The second-order valence-electron chi connectivity index (χ2n) is 7.11. The van der Waals surface area contributed by atoms with Gasteiger partial charge in [-0.05, 0) is 43.7 Å². The summed E-state index contributed by atoms with van der Waals surface area (Å²) < 4.78 is 32.7. The molecule has 0 spiro atoms. The number of sulfonamides is 1. The van der Waals surface area contributed by atoms with Gasteiger partial charge in [0, 0.05) is 18.1 Å². The van der Waals surface area contributed by atoms with Crippen LogP contribution in [0.1, 0.15) is 19.4 Å². The van der Waals surface area contributed by atoms with Crippen molar-refractivity contribution in [2.24, 2.45) is 0 Å². The van der Waals surface area contributed by atoms with E-state index >= 15 is 0 Å². The third kappa shape index (κ3) is 6.70. The van der Waals surface area contributed by atoms with E-state index in [0.29, 0.717) is 12.4 Å². The maximum atomic E-state index is 13.4. The van der Waals surface area contributed by atoms with Crippen molar-refractivity contribution < 1.29 is 22.7 Å². The van der Waals surface area contributed by atoms with Gasteiger partial charge in [0.1, 0.15) is 18.3 Å². The van der Waals surface area contributed by atoms with Crippen molar-refractivity contribution in [2.45, 2.75) is 26.4 Å². The maximum Gasteiger partial charge on any atom is 0.244 e. The Kier molecular flexibility index (Phi) is 9.09. The van der Waals surface area contributed by atoms with E-state index in [1.54, 1.807) is 38.1 Å². The van der Waals surface area contributed by atoms with Gasteiger partial charge >= 0.3 is 0 Å². The van der Waals surface area contributed by atoms with E-state index in [1.165, 1.54) is 11.9 Å². The quantitative estimate of drug-likeness (QED) is 0.514. The van der Waals surface area contributed by atoms with E-state index < -0.39 is 28.5 Å². The second kappa shape index (κ2) is 11.3. The van der Waals surface area contributed by atoms with Crippen LogP contribution in [0.25, 0.3) is 0 Å². The number of nitrogens with one attached hydrogen (secondary N) is 1. The van der Waals surface area contributed by atoms with Crippen LogP contribution in [0, 0.1) is 0 Å². The summed E-state index contributed by atoms with van der Waals surface area (Å²) in [6.07, 6.45) is 1.03. The first-order valence-electron chi connectivity index (χ1n) is 10.0. The van der Waals surface area contributed by atoms with Crippen LogP contribution in [-0.4, -0.2) is 57.6 Å². The molecule has 0 radical (unpaired) electrons. The Bertz CT molecular complexity index is 1040. The van der Waals surface area contributed by atoms with E-state index in [0.717, 1.165) is 20.6 Å². The largest absolute Gasteiger partial charge is 0.492 e. The molecule has 0 saturated carbocycles. The van der Waals surface area contributed by atoms with Crippen LogP contribution in [0.4, 0.5) is 5.69 Å². The van der Waals surface area contributed by atoms with E-state index in [-0.39, 0.29) is 18.1 Å². The molecule has 2 amide bonds. The normalized spacial score (nSPS) is 12.0. The van der Waals surface area contributed by atoms with Gasteiger partial charge in [0.25, 0.3) is 0 Å². The number of rotatable bonds is 10. The van der Waals surface area contributed by atoms with Gasteiger partial charge in [0.2, 0.25) is 21.8 Å². The van der Waals surface area contributed by atoms with Gasteiger partial charge in [-0.2, -0.15) is 0 Å². The summed E-state index contributed by atoms with van der Waals surface area (Å²) in [7, 11) is -2.33. The molecule has 1 N–H and O–H groups in total. The predicted octanol–water partition coefficient (Wildman–Crippen LogP) is 2.78. The Balaban J connectivity index is 2.41. The number of ether oxygens (including phenoxy) is 1. The first kappa shape index (κ1) is 25.7. The SMILES string of the molecule is CCOc1ccccc1N(CC(=O)N(Cc1ccc(Br)cc1)C(C)C(=O)NC)S(C)(=O)=O. The van der Waals surface area contributed by atoms with Crippen molar-refractivity contribution in [3.63, 3.8) is 0 Å². The minimum Gasteiger partial charge on any atom is -0.492 e. The summed E-state index contributed by atoms with van der Waals surface area (Å²) >= 11 is 3.37. The van der Waals surface area contributed by atoms with E-state index in [9.17, 15) is 18.0 Å². The standard InChI is InChI=1S/C22H28BrN3O5S/c1-5-31-20-9-7-6-8-19(20)26(32(4,29)30)15-21(27)25(16(2)22(28)24-3)14-17-10-12-18(23)13-11-17/h6-13,16H,5,14-15H2,1-4H3,(H,24,28). The molecule has 10 heteroatoms. The average Bonchev–Trinajstić information content (AvgIpc) is 2.76. The molecule has 0 heterocycles. The second-order valence-corrected chi connectivity index (χ2v) is 9.93. The summed E-state index contributed by atoms with van der Waals surface area (Å²) in [6.45, 7) is 3.41. The topological polar surface area (TPSA) is 96.0 Å². The fraction of sp³-hybridized carbons (Fsp3) is 0.364. The molecule has 2 aromatic rings. The third-order valence-electron chi connectivity index (χ3n) is 4.79. The summed E-state index contributed by atoms with van der Waals surface area (Å²) in [5, 5.41) is 2.54. The summed E-state index contributed by atoms with van der Waals surface area (Å²) in [5.74, 6) is -0.510. The Hall–Kier alpha value is -2.59. The minimum atomic E-state index is -3.82. The number of hydrogen-bond donors (Lipinski definition) is 1. The summed E-state index contributed by atoms with van der Waals surface area (Å²) in [6, 6.07) is 13.2. The van der Waals surface area contributed by atoms with Crippen LogP contribution < -0.4 is 14.4 Å². The monoisotopic (exact) mass is 525 g/mol. The van der Waals surface area contributed by atoms with Gasteiger partial charge in [-0.15, -0.1) is 0 Å². The molecule has 0 fully saturated rings. The minimum absolute atomic E-state index is 0.144. The Morgan fingerprint density at radius 2 is 1.75 bits per heavy atom. The molecule has 0 aliphatic carbocycles. The fourth-order valence-corrected chi connectivity index (χ4v) is 4.23. The molecule has 8 nitrogen and oxygen atoms in total. The average molecular weight is 526 g/mol.